The first-order valence-corrected chi connectivity index (χ1v) is 8.22. The minimum atomic E-state index is -3.85. The zero-order valence-corrected chi connectivity index (χ0v) is 12.7. The molecule has 0 spiro atoms. The van der Waals surface area contributed by atoms with Gasteiger partial charge in [-0.05, 0) is 37.5 Å². The number of rotatable bonds is 3. The van der Waals surface area contributed by atoms with Gasteiger partial charge in [0.25, 0.3) is 0 Å². The van der Waals surface area contributed by atoms with Crippen LogP contribution in [0.15, 0.2) is 17.0 Å². The average molecular weight is 312 g/mol. The highest BCUT2D eigenvalue weighted by atomic mass is 32.2. The summed E-state index contributed by atoms with van der Waals surface area (Å²) in [6, 6.07) is 3.05. The highest BCUT2D eigenvalue weighted by Gasteiger charge is 2.26. The second-order valence-corrected chi connectivity index (χ2v) is 6.93. The van der Waals surface area contributed by atoms with Crippen molar-refractivity contribution in [3.63, 3.8) is 0 Å². The van der Waals surface area contributed by atoms with Crippen molar-refractivity contribution in [2.45, 2.75) is 24.7 Å². The van der Waals surface area contributed by atoms with Crippen molar-refractivity contribution in [3.8, 4) is 0 Å². The highest BCUT2D eigenvalue weighted by molar-refractivity contribution is 7.89. The summed E-state index contributed by atoms with van der Waals surface area (Å²) >= 11 is 0. The smallest absolute Gasteiger partial charge is 0.238 e. The molecule has 0 radical (unpaired) electrons. The Balaban J connectivity index is 2.44. The lowest BCUT2D eigenvalue weighted by Crippen LogP contribution is -2.41. The molecule has 6 N–H and O–H groups in total. The van der Waals surface area contributed by atoms with Crippen molar-refractivity contribution in [1.29, 1.82) is 0 Å². The predicted molar refractivity (Wildman–Crippen MR) is 81.1 cm³/mol. The normalized spacial score (nSPS) is 19.5. The van der Waals surface area contributed by atoms with Gasteiger partial charge in [0.2, 0.25) is 15.9 Å². The Morgan fingerprint density at radius 2 is 2.05 bits per heavy atom. The van der Waals surface area contributed by atoms with Crippen LogP contribution in [0.2, 0.25) is 0 Å². The number of carbonyl (C=O) groups excluding carboxylic acids is 1. The number of nitrogens with zero attached hydrogens (tertiary/aromatic N) is 1. The van der Waals surface area contributed by atoms with Gasteiger partial charge in [0.1, 0.15) is 0 Å². The van der Waals surface area contributed by atoms with Gasteiger partial charge in [0.15, 0.2) is 0 Å². The van der Waals surface area contributed by atoms with E-state index < -0.39 is 10.0 Å². The molecule has 21 heavy (non-hydrogen) atoms. The maximum atomic E-state index is 11.6. The number of primary amides is 1. The van der Waals surface area contributed by atoms with E-state index in [0.29, 0.717) is 23.5 Å². The molecule has 1 aliphatic rings. The van der Waals surface area contributed by atoms with Gasteiger partial charge in [-0.2, -0.15) is 0 Å². The number of benzene rings is 1. The molecule has 0 bridgehead atoms. The van der Waals surface area contributed by atoms with Crippen molar-refractivity contribution >= 4 is 27.3 Å². The van der Waals surface area contributed by atoms with Crippen LogP contribution in [0.25, 0.3) is 0 Å². The Bertz CT molecular complexity index is 672. The van der Waals surface area contributed by atoms with E-state index in [1.165, 1.54) is 6.07 Å². The molecule has 2 rings (SSSR count). The fourth-order valence-electron chi connectivity index (χ4n) is 2.75. The quantitative estimate of drug-likeness (QED) is 0.672. The van der Waals surface area contributed by atoms with Crippen molar-refractivity contribution < 1.29 is 13.2 Å². The molecule has 1 unspecified atom stereocenters. The highest BCUT2D eigenvalue weighted by Crippen LogP contribution is 2.31. The van der Waals surface area contributed by atoms with Crippen LogP contribution in [-0.4, -0.2) is 27.4 Å². The fraction of sp³-hybridized carbons (Fsp3) is 0.462. The molecule has 8 heteroatoms. The molecular formula is C13H20N4O3S. The Hall–Kier alpha value is -1.80. The number of amides is 1. The van der Waals surface area contributed by atoms with Crippen LogP contribution in [0, 0.1) is 12.8 Å². The number of carbonyl (C=O) groups is 1. The summed E-state index contributed by atoms with van der Waals surface area (Å²) in [6.07, 6.45) is 1.56. The summed E-state index contributed by atoms with van der Waals surface area (Å²) in [5, 5.41) is 5.22. The molecule has 0 saturated carbocycles. The molecule has 0 aromatic heterocycles. The molecule has 1 saturated heterocycles. The van der Waals surface area contributed by atoms with Crippen molar-refractivity contribution in [1.82, 2.24) is 0 Å². The zero-order valence-electron chi connectivity index (χ0n) is 11.9. The number of anilines is 2. The van der Waals surface area contributed by atoms with Crippen LogP contribution < -0.4 is 21.5 Å². The van der Waals surface area contributed by atoms with Gasteiger partial charge in [-0.1, -0.05) is 0 Å². The summed E-state index contributed by atoms with van der Waals surface area (Å²) in [4.78, 5) is 13.3. The maximum absolute atomic E-state index is 11.6. The average Bonchev–Trinajstić information content (AvgIpc) is 2.40. The Labute approximate surface area is 124 Å². The lowest BCUT2D eigenvalue weighted by atomic mass is 9.96. The number of nitrogen functional groups attached to an aromatic ring is 1. The van der Waals surface area contributed by atoms with Gasteiger partial charge in [0, 0.05) is 24.5 Å². The molecule has 1 amide bonds. The first kappa shape index (κ1) is 15.6. The standard InChI is InChI=1S/C13H20N4O3S/c1-8-11(5-10(14)6-12(8)21(16,19)20)17-4-2-3-9(7-17)13(15)18/h5-6,9H,2-4,7,14H2,1H3,(H2,15,18)(H2,16,19,20). The minimum absolute atomic E-state index is 0.0127. The number of hydrogen-bond donors (Lipinski definition) is 3. The summed E-state index contributed by atoms with van der Waals surface area (Å²) in [5.74, 6) is -0.578. The van der Waals surface area contributed by atoms with E-state index in [9.17, 15) is 13.2 Å². The van der Waals surface area contributed by atoms with E-state index in [4.69, 9.17) is 16.6 Å². The zero-order chi connectivity index (χ0) is 15.8. The molecule has 7 nitrogen and oxygen atoms in total. The Kier molecular flexibility index (Phi) is 4.11. The molecule has 1 heterocycles. The maximum Gasteiger partial charge on any atom is 0.238 e. The SMILES string of the molecule is Cc1c(N2CCCC(C(N)=O)C2)cc(N)cc1S(N)(=O)=O. The summed E-state index contributed by atoms with van der Waals surface area (Å²) < 4.78 is 23.3. The van der Waals surface area contributed by atoms with Crippen LogP contribution in [0.3, 0.4) is 0 Å². The summed E-state index contributed by atoms with van der Waals surface area (Å²) in [6.45, 7) is 2.87. The first-order chi connectivity index (χ1) is 9.70. The van der Waals surface area contributed by atoms with Crippen LogP contribution in [0.5, 0.6) is 0 Å². The van der Waals surface area contributed by atoms with Crippen LogP contribution in [0.4, 0.5) is 11.4 Å². The molecule has 1 atom stereocenters. The van der Waals surface area contributed by atoms with Gasteiger partial charge in [-0.25, -0.2) is 13.6 Å². The molecular weight excluding hydrogens is 292 g/mol. The number of primary sulfonamides is 1. The summed E-state index contributed by atoms with van der Waals surface area (Å²) in [7, 11) is -3.85. The first-order valence-electron chi connectivity index (χ1n) is 6.67. The molecule has 116 valence electrons. The number of piperidine rings is 1. The van der Waals surface area contributed by atoms with E-state index in [-0.39, 0.29) is 16.7 Å². The van der Waals surface area contributed by atoms with Gasteiger partial charge < -0.3 is 16.4 Å². The van der Waals surface area contributed by atoms with Crippen LogP contribution in [-0.2, 0) is 14.8 Å². The molecule has 1 aromatic rings. The van der Waals surface area contributed by atoms with Crippen LogP contribution in [0.1, 0.15) is 18.4 Å². The minimum Gasteiger partial charge on any atom is -0.399 e. The van der Waals surface area contributed by atoms with Crippen LogP contribution >= 0.6 is 0 Å². The second-order valence-electron chi connectivity index (χ2n) is 5.40. The summed E-state index contributed by atoms with van der Waals surface area (Å²) in [5.41, 5.74) is 12.7. The van der Waals surface area contributed by atoms with Gasteiger partial charge in [-0.3, -0.25) is 4.79 Å². The largest absolute Gasteiger partial charge is 0.399 e. The van der Waals surface area contributed by atoms with Gasteiger partial charge in [0.05, 0.1) is 10.8 Å². The number of hydrogen-bond acceptors (Lipinski definition) is 5. The molecule has 1 aliphatic heterocycles. The van der Waals surface area contributed by atoms with E-state index >= 15 is 0 Å². The van der Waals surface area contributed by atoms with E-state index in [1.807, 2.05) is 4.90 Å². The lowest BCUT2D eigenvalue weighted by Gasteiger charge is -2.34. The second kappa shape index (κ2) is 5.53. The Morgan fingerprint density at radius 1 is 1.38 bits per heavy atom. The third-order valence-electron chi connectivity index (χ3n) is 3.83. The van der Waals surface area contributed by atoms with E-state index in [2.05, 4.69) is 0 Å². The number of nitrogens with two attached hydrogens (primary N) is 3. The molecule has 0 aliphatic carbocycles. The van der Waals surface area contributed by atoms with Crippen molar-refractivity contribution in [2.24, 2.45) is 16.8 Å². The monoisotopic (exact) mass is 312 g/mol. The van der Waals surface area contributed by atoms with E-state index in [0.717, 1.165) is 19.4 Å². The predicted octanol–water partition coefficient (Wildman–Crippen LogP) is -0.0737. The van der Waals surface area contributed by atoms with Crippen molar-refractivity contribution in [2.75, 3.05) is 23.7 Å². The third kappa shape index (κ3) is 3.27. The number of sulfonamides is 1. The lowest BCUT2D eigenvalue weighted by molar-refractivity contribution is -0.122. The van der Waals surface area contributed by atoms with E-state index in [1.54, 1.807) is 13.0 Å². The van der Waals surface area contributed by atoms with Gasteiger partial charge >= 0.3 is 0 Å². The fourth-order valence-corrected chi connectivity index (χ4v) is 3.58. The molecule has 1 fully saturated rings. The third-order valence-corrected chi connectivity index (χ3v) is 4.86. The van der Waals surface area contributed by atoms with Gasteiger partial charge in [-0.15, -0.1) is 0 Å². The Morgan fingerprint density at radius 3 is 2.62 bits per heavy atom. The van der Waals surface area contributed by atoms with Crippen molar-refractivity contribution in [3.05, 3.63) is 17.7 Å². The topological polar surface area (TPSA) is 133 Å². The molecule has 1 aromatic carbocycles.